The molecule has 4 heteroatoms. The maximum absolute atomic E-state index is 11.0. The van der Waals surface area contributed by atoms with Crippen LogP contribution in [0.4, 0.5) is 5.69 Å². The predicted molar refractivity (Wildman–Crippen MR) is 78.4 cm³/mol. The summed E-state index contributed by atoms with van der Waals surface area (Å²) in [7, 11) is 0. The Hall–Kier alpha value is -1.42. The van der Waals surface area contributed by atoms with E-state index in [-0.39, 0.29) is 16.7 Å². The Morgan fingerprint density at radius 1 is 1.37 bits per heavy atom. The summed E-state index contributed by atoms with van der Waals surface area (Å²) < 4.78 is 0. The maximum atomic E-state index is 11.0. The third kappa shape index (κ3) is 4.31. The minimum absolute atomic E-state index is 0.135. The van der Waals surface area contributed by atoms with Gasteiger partial charge in [0.05, 0.1) is 4.92 Å². The van der Waals surface area contributed by atoms with E-state index >= 15 is 0 Å². The topological polar surface area (TPSA) is 55.2 Å². The van der Waals surface area contributed by atoms with E-state index in [0.717, 1.165) is 24.8 Å². The Balaban J connectivity index is 2.84. The molecule has 0 saturated heterocycles. The molecule has 0 aliphatic carbocycles. The van der Waals surface area contributed by atoms with Crippen LogP contribution in [0.25, 0.3) is 0 Å². The minimum Gasteiger partial charge on any atom is -0.307 e. The summed E-state index contributed by atoms with van der Waals surface area (Å²) >= 11 is 0. The molecule has 0 heterocycles. The molecule has 19 heavy (non-hydrogen) atoms. The average molecular weight is 264 g/mol. The van der Waals surface area contributed by atoms with E-state index in [9.17, 15) is 10.1 Å². The van der Waals surface area contributed by atoms with Crippen LogP contribution >= 0.6 is 0 Å². The van der Waals surface area contributed by atoms with Gasteiger partial charge in [-0.05, 0) is 32.3 Å². The number of nitrogens with zero attached hydrogens (tertiary/aromatic N) is 1. The molecule has 106 valence electrons. The van der Waals surface area contributed by atoms with Crippen molar-refractivity contribution in [3.05, 3.63) is 39.4 Å². The van der Waals surface area contributed by atoms with Crippen LogP contribution in [0.15, 0.2) is 18.2 Å². The van der Waals surface area contributed by atoms with Gasteiger partial charge in [0, 0.05) is 23.7 Å². The second kappa shape index (κ2) is 7.24. The number of nitrogens with one attached hydrogen (secondary N) is 1. The van der Waals surface area contributed by atoms with Gasteiger partial charge in [0.25, 0.3) is 5.69 Å². The predicted octanol–water partition coefficient (Wildman–Crippen LogP) is 4.13. The van der Waals surface area contributed by atoms with Gasteiger partial charge in [-0.25, -0.2) is 0 Å². The highest BCUT2D eigenvalue weighted by atomic mass is 16.6. The summed E-state index contributed by atoms with van der Waals surface area (Å²) in [5, 5.41) is 14.5. The fourth-order valence-corrected chi connectivity index (χ4v) is 2.30. The highest BCUT2D eigenvalue weighted by Gasteiger charge is 2.16. The minimum atomic E-state index is -0.311. The Kier molecular flexibility index (Phi) is 5.96. The van der Waals surface area contributed by atoms with Crippen molar-refractivity contribution >= 4 is 5.69 Å². The number of hydrogen-bond donors (Lipinski definition) is 1. The van der Waals surface area contributed by atoms with Crippen molar-refractivity contribution < 1.29 is 4.92 Å². The van der Waals surface area contributed by atoms with Gasteiger partial charge in [0.2, 0.25) is 0 Å². The van der Waals surface area contributed by atoms with Crippen LogP contribution in [0.1, 0.15) is 57.2 Å². The second-order valence-corrected chi connectivity index (χ2v) is 5.09. The molecule has 1 aromatic carbocycles. The average Bonchev–Trinajstić information content (AvgIpc) is 2.38. The normalized spacial score (nSPS) is 14.1. The van der Waals surface area contributed by atoms with Crippen molar-refractivity contribution in [1.29, 1.82) is 0 Å². The van der Waals surface area contributed by atoms with Crippen molar-refractivity contribution in [1.82, 2.24) is 5.32 Å². The lowest BCUT2D eigenvalue weighted by molar-refractivity contribution is -0.385. The van der Waals surface area contributed by atoms with E-state index in [1.807, 2.05) is 12.1 Å². The van der Waals surface area contributed by atoms with Crippen molar-refractivity contribution in [3.63, 3.8) is 0 Å². The summed E-state index contributed by atoms with van der Waals surface area (Å²) in [5.41, 5.74) is 1.89. The highest BCUT2D eigenvalue weighted by Crippen LogP contribution is 2.23. The molecule has 0 radical (unpaired) electrons. The number of benzene rings is 1. The molecule has 1 rings (SSSR count). The van der Waals surface area contributed by atoms with Crippen LogP contribution in [0.3, 0.4) is 0 Å². The Labute approximate surface area is 115 Å². The first-order valence-electron chi connectivity index (χ1n) is 7.00. The van der Waals surface area contributed by atoms with Crippen molar-refractivity contribution in [2.45, 2.75) is 59.0 Å². The monoisotopic (exact) mass is 264 g/mol. The summed E-state index contributed by atoms with van der Waals surface area (Å²) in [6, 6.07) is 6.09. The molecule has 0 amide bonds. The SMILES string of the molecule is CCCC(CC)NC(C)c1ccc(C)c([N+](=O)[O-])c1. The van der Waals surface area contributed by atoms with Crippen molar-refractivity contribution in [2.24, 2.45) is 0 Å². The first kappa shape index (κ1) is 15.6. The van der Waals surface area contributed by atoms with Crippen molar-refractivity contribution in [3.8, 4) is 0 Å². The van der Waals surface area contributed by atoms with Crippen LogP contribution in [0, 0.1) is 17.0 Å². The smallest absolute Gasteiger partial charge is 0.272 e. The molecule has 0 fully saturated rings. The highest BCUT2D eigenvalue weighted by molar-refractivity contribution is 5.43. The Morgan fingerprint density at radius 2 is 2.05 bits per heavy atom. The number of aryl methyl sites for hydroxylation is 1. The zero-order chi connectivity index (χ0) is 14.4. The Morgan fingerprint density at radius 3 is 2.58 bits per heavy atom. The molecule has 1 aromatic rings. The van der Waals surface area contributed by atoms with Gasteiger partial charge >= 0.3 is 0 Å². The molecule has 0 saturated carbocycles. The first-order chi connectivity index (χ1) is 8.99. The van der Waals surface area contributed by atoms with Gasteiger partial charge in [0.1, 0.15) is 0 Å². The summed E-state index contributed by atoms with van der Waals surface area (Å²) in [5.74, 6) is 0. The summed E-state index contributed by atoms with van der Waals surface area (Å²) in [6.07, 6.45) is 3.35. The number of hydrogen-bond acceptors (Lipinski definition) is 3. The number of rotatable bonds is 7. The molecule has 4 nitrogen and oxygen atoms in total. The van der Waals surface area contributed by atoms with Crippen LogP contribution in [0.2, 0.25) is 0 Å². The standard InChI is InChI=1S/C15H24N2O2/c1-5-7-14(6-2)16-12(4)13-9-8-11(3)15(10-13)17(18)19/h8-10,12,14,16H,5-7H2,1-4H3. The molecular weight excluding hydrogens is 240 g/mol. The first-order valence-corrected chi connectivity index (χ1v) is 7.00. The van der Waals surface area contributed by atoms with Gasteiger partial charge in [-0.1, -0.05) is 32.4 Å². The van der Waals surface area contributed by atoms with E-state index in [4.69, 9.17) is 0 Å². The van der Waals surface area contributed by atoms with Crippen LogP contribution in [0.5, 0.6) is 0 Å². The summed E-state index contributed by atoms with van der Waals surface area (Å²) in [4.78, 5) is 10.7. The molecule has 0 aliphatic rings. The van der Waals surface area contributed by atoms with Gasteiger partial charge in [-0.2, -0.15) is 0 Å². The Bertz CT molecular complexity index is 432. The zero-order valence-corrected chi connectivity index (χ0v) is 12.3. The van der Waals surface area contributed by atoms with Crippen LogP contribution < -0.4 is 5.32 Å². The van der Waals surface area contributed by atoms with E-state index in [1.54, 1.807) is 13.0 Å². The fourth-order valence-electron chi connectivity index (χ4n) is 2.30. The lowest BCUT2D eigenvalue weighted by Gasteiger charge is -2.22. The second-order valence-electron chi connectivity index (χ2n) is 5.09. The van der Waals surface area contributed by atoms with Crippen LogP contribution in [-0.2, 0) is 0 Å². The molecule has 0 spiro atoms. The largest absolute Gasteiger partial charge is 0.307 e. The van der Waals surface area contributed by atoms with Gasteiger partial charge in [0.15, 0.2) is 0 Å². The van der Waals surface area contributed by atoms with Gasteiger partial charge in [-0.15, -0.1) is 0 Å². The molecule has 2 unspecified atom stereocenters. The molecule has 0 aliphatic heterocycles. The van der Waals surface area contributed by atoms with E-state index < -0.39 is 0 Å². The number of nitro benzene ring substituents is 1. The van der Waals surface area contributed by atoms with Crippen molar-refractivity contribution in [2.75, 3.05) is 0 Å². The van der Waals surface area contributed by atoms with Gasteiger partial charge < -0.3 is 5.32 Å². The molecular formula is C15H24N2O2. The van der Waals surface area contributed by atoms with E-state index in [1.165, 1.54) is 0 Å². The lowest BCUT2D eigenvalue weighted by Crippen LogP contribution is -2.30. The molecule has 1 N–H and O–H groups in total. The molecule has 2 atom stereocenters. The third-order valence-corrected chi connectivity index (χ3v) is 3.55. The molecule has 0 aromatic heterocycles. The zero-order valence-electron chi connectivity index (χ0n) is 12.3. The van der Waals surface area contributed by atoms with E-state index in [0.29, 0.717) is 11.6 Å². The lowest BCUT2D eigenvalue weighted by atomic mass is 10.0. The van der Waals surface area contributed by atoms with Crippen LogP contribution in [-0.4, -0.2) is 11.0 Å². The fraction of sp³-hybridized carbons (Fsp3) is 0.600. The van der Waals surface area contributed by atoms with Gasteiger partial charge in [-0.3, -0.25) is 10.1 Å². The maximum Gasteiger partial charge on any atom is 0.272 e. The third-order valence-electron chi connectivity index (χ3n) is 3.55. The quantitative estimate of drug-likeness (QED) is 0.595. The van der Waals surface area contributed by atoms with E-state index in [2.05, 4.69) is 26.1 Å². The number of nitro groups is 1. The summed E-state index contributed by atoms with van der Waals surface area (Å²) in [6.45, 7) is 8.17. The molecule has 0 bridgehead atoms.